The van der Waals surface area contributed by atoms with Crippen molar-refractivity contribution in [3.63, 3.8) is 0 Å². The Bertz CT molecular complexity index is 504. The van der Waals surface area contributed by atoms with Gasteiger partial charge in [0.25, 0.3) is 0 Å². The van der Waals surface area contributed by atoms with E-state index < -0.39 is 0 Å². The predicted octanol–water partition coefficient (Wildman–Crippen LogP) is 1.29. The molecule has 0 amide bonds. The van der Waals surface area contributed by atoms with Gasteiger partial charge in [-0.25, -0.2) is 14.6 Å². The van der Waals surface area contributed by atoms with Crippen LogP contribution >= 0.6 is 0 Å². The number of nitrogens with zero attached hydrogens (tertiary/aromatic N) is 5. The molecule has 2 aromatic rings. The zero-order valence-corrected chi connectivity index (χ0v) is 10.1. The van der Waals surface area contributed by atoms with Gasteiger partial charge in [-0.15, -0.1) is 5.10 Å². The van der Waals surface area contributed by atoms with Gasteiger partial charge in [0, 0.05) is 19.0 Å². The number of hydrogen-bond acceptors (Lipinski definition) is 5. The minimum absolute atomic E-state index is 0.482. The SMILES string of the molecule is CCCn1nncc1-c1cc(N)nc(CC)n1. The zero-order valence-electron chi connectivity index (χ0n) is 10.1. The molecule has 2 aromatic heterocycles. The molecule has 0 aliphatic heterocycles. The third kappa shape index (κ3) is 2.41. The number of aryl methyl sites for hydroxylation is 2. The summed E-state index contributed by atoms with van der Waals surface area (Å²) in [6.45, 7) is 4.91. The second-order valence-electron chi connectivity index (χ2n) is 3.79. The van der Waals surface area contributed by atoms with Crippen molar-refractivity contribution in [1.82, 2.24) is 25.0 Å². The van der Waals surface area contributed by atoms with Crippen molar-refractivity contribution in [2.45, 2.75) is 33.2 Å². The normalized spacial score (nSPS) is 10.7. The molecule has 90 valence electrons. The molecule has 0 aromatic carbocycles. The standard InChI is InChI=1S/C11H16N6/c1-3-5-17-9(7-13-16-17)8-6-10(12)15-11(4-2)14-8/h6-7H,3-5H2,1-2H3,(H2,12,14,15). The first kappa shape index (κ1) is 11.5. The van der Waals surface area contributed by atoms with E-state index in [1.54, 1.807) is 12.3 Å². The lowest BCUT2D eigenvalue weighted by molar-refractivity contribution is 0.583. The lowest BCUT2D eigenvalue weighted by atomic mass is 10.3. The quantitative estimate of drug-likeness (QED) is 0.858. The molecular weight excluding hydrogens is 216 g/mol. The Morgan fingerprint density at radius 1 is 1.29 bits per heavy atom. The summed E-state index contributed by atoms with van der Waals surface area (Å²) < 4.78 is 1.83. The third-order valence-corrected chi connectivity index (χ3v) is 2.42. The molecule has 6 nitrogen and oxygen atoms in total. The van der Waals surface area contributed by atoms with Gasteiger partial charge in [0.1, 0.15) is 17.3 Å². The van der Waals surface area contributed by atoms with Crippen LogP contribution in [-0.2, 0) is 13.0 Å². The van der Waals surface area contributed by atoms with Gasteiger partial charge in [-0.2, -0.15) is 0 Å². The molecule has 2 heterocycles. The van der Waals surface area contributed by atoms with Gasteiger partial charge in [-0.3, -0.25) is 0 Å². The van der Waals surface area contributed by atoms with Gasteiger partial charge >= 0.3 is 0 Å². The summed E-state index contributed by atoms with van der Waals surface area (Å²) in [6.07, 6.45) is 3.46. The molecule has 0 aliphatic carbocycles. The molecule has 2 N–H and O–H groups in total. The number of rotatable bonds is 4. The van der Waals surface area contributed by atoms with Gasteiger partial charge in [-0.05, 0) is 6.42 Å². The molecule has 0 radical (unpaired) electrons. The molecule has 0 saturated carbocycles. The Balaban J connectivity index is 2.44. The fraction of sp³-hybridized carbons (Fsp3) is 0.455. The topological polar surface area (TPSA) is 82.5 Å². The van der Waals surface area contributed by atoms with Crippen molar-refractivity contribution in [2.75, 3.05) is 5.73 Å². The summed E-state index contributed by atoms with van der Waals surface area (Å²) >= 11 is 0. The Morgan fingerprint density at radius 2 is 2.12 bits per heavy atom. The highest BCUT2D eigenvalue weighted by molar-refractivity contribution is 5.56. The maximum atomic E-state index is 5.76. The molecule has 0 fully saturated rings. The van der Waals surface area contributed by atoms with Gasteiger partial charge in [0.05, 0.1) is 11.9 Å². The van der Waals surface area contributed by atoms with E-state index in [2.05, 4.69) is 27.2 Å². The average Bonchev–Trinajstić information content (AvgIpc) is 2.77. The Hall–Kier alpha value is -1.98. The number of hydrogen-bond donors (Lipinski definition) is 1. The maximum Gasteiger partial charge on any atom is 0.131 e. The van der Waals surface area contributed by atoms with Crippen LogP contribution in [0.15, 0.2) is 12.3 Å². The van der Waals surface area contributed by atoms with Crippen LogP contribution in [0.3, 0.4) is 0 Å². The van der Waals surface area contributed by atoms with E-state index in [-0.39, 0.29) is 0 Å². The van der Waals surface area contributed by atoms with E-state index in [4.69, 9.17) is 5.73 Å². The summed E-state index contributed by atoms with van der Waals surface area (Å²) in [5.41, 5.74) is 7.43. The first-order valence-electron chi connectivity index (χ1n) is 5.76. The molecule has 0 bridgehead atoms. The molecule has 6 heteroatoms. The number of anilines is 1. The fourth-order valence-electron chi connectivity index (χ4n) is 1.64. The minimum Gasteiger partial charge on any atom is -0.384 e. The van der Waals surface area contributed by atoms with E-state index in [0.717, 1.165) is 36.6 Å². The van der Waals surface area contributed by atoms with Crippen LogP contribution in [0.5, 0.6) is 0 Å². The van der Waals surface area contributed by atoms with E-state index in [1.165, 1.54) is 0 Å². The summed E-state index contributed by atoms with van der Waals surface area (Å²) in [6, 6.07) is 1.75. The monoisotopic (exact) mass is 232 g/mol. The number of aromatic nitrogens is 5. The van der Waals surface area contributed by atoms with E-state index in [0.29, 0.717) is 5.82 Å². The summed E-state index contributed by atoms with van der Waals surface area (Å²) in [4.78, 5) is 8.60. The van der Waals surface area contributed by atoms with Crippen LogP contribution in [0.1, 0.15) is 26.1 Å². The molecule has 0 saturated heterocycles. The summed E-state index contributed by atoms with van der Waals surface area (Å²) in [5.74, 6) is 1.22. The second kappa shape index (κ2) is 4.90. The third-order valence-electron chi connectivity index (χ3n) is 2.42. The summed E-state index contributed by atoms with van der Waals surface area (Å²) in [5, 5.41) is 7.95. The molecule has 0 atom stereocenters. The Morgan fingerprint density at radius 3 is 2.82 bits per heavy atom. The van der Waals surface area contributed by atoms with Gasteiger partial charge in [-0.1, -0.05) is 19.1 Å². The highest BCUT2D eigenvalue weighted by atomic mass is 15.4. The van der Waals surface area contributed by atoms with Gasteiger partial charge in [0.15, 0.2) is 0 Å². The summed E-state index contributed by atoms with van der Waals surface area (Å²) in [7, 11) is 0. The smallest absolute Gasteiger partial charge is 0.131 e. The van der Waals surface area contributed by atoms with Crippen LogP contribution in [0.2, 0.25) is 0 Å². The van der Waals surface area contributed by atoms with Crippen molar-refractivity contribution in [3.05, 3.63) is 18.1 Å². The highest BCUT2D eigenvalue weighted by Crippen LogP contribution is 2.18. The zero-order chi connectivity index (χ0) is 12.3. The number of nitrogens with two attached hydrogens (primary N) is 1. The fourth-order valence-corrected chi connectivity index (χ4v) is 1.64. The molecule has 17 heavy (non-hydrogen) atoms. The molecule has 0 unspecified atom stereocenters. The largest absolute Gasteiger partial charge is 0.384 e. The van der Waals surface area contributed by atoms with Crippen LogP contribution in [0, 0.1) is 0 Å². The van der Waals surface area contributed by atoms with Crippen LogP contribution < -0.4 is 5.73 Å². The van der Waals surface area contributed by atoms with Crippen molar-refractivity contribution in [3.8, 4) is 11.4 Å². The van der Waals surface area contributed by atoms with Crippen LogP contribution in [0.4, 0.5) is 5.82 Å². The van der Waals surface area contributed by atoms with E-state index >= 15 is 0 Å². The van der Waals surface area contributed by atoms with Crippen molar-refractivity contribution >= 4 is 5.82 Å². The van der Waals surface area contributed by atoms with Crippen molar-refractivity contribution in [2.24, 2.45) is 0 Å². The van der Waals surface area contributed by atoms with E-state index in [9.17, 15) is 0 Å². The highest BCUT2D eigenvalue weighted by Gasteiger charge is 2.09. The van der Waals surface area contributed by atoms with Crippen molar-refractivity contribution < 1.29 is 0 Å². The lowest BCUT2D eigenvalue weighted by Gasteiger charge is -2.06. The molecule has 0 aliphatic rings. The predicted molar refractivity (Wildman–Crippen MR) is 65.1 cm³/mol. The van der Waals surface area contributed by atoms with Gasteiger partial charge < -0.3 is 5.73 Å². The molecule has 0 spiro atoms. The first-order chi connectivity index (χ1) is 8.24. The Labute approximate surface area is 99.9 Å². The maximum absolute atomic E-state index is 5.76. The molecular formula is C11H16N6. The van der Waals surface area contributed by atoms with E-state index in [1.807, 2.05) is 11.6 Å². The second-order valence-corrected chi connectivity index (χ2v) is 3.79. The van der Waals surface area contributed by atoms with Crippen molar-refractivity contribution in [1.29, 1.82) is 0 Å². The number of nitrogen functional groups attached to an aromatic ring is 1. The van der Waals surface area contributed by atoms with Gasteiger partial charge in [0.2, 0.25) is 0 Å². The Kier molecular flexibility index (Phi) is 3.32. The molecule has 2 rings (SSSR count). The minimum atomic E-state index is 0.482. The lowest BCUT2D eigenvalue weighted by Crippen LogP contribution is -2.05. The van der Waals surface area contributed by atoms with Crippen LogP contribution in [-0.4, -0.2) is 25.0 Å². The van der Waals surface area contributed by atoms with Crippen LogP contribution in [0.25, 0.3) is 11.4 Å². The average molecular weight is 232 g/mol. The first-order valence-corrected chi connectivity index (χ1v) is 5.76.